The van der Waals surface area contributed by atoms with Crippen LogP contribution in [0.2, 0.25) is 5.15 Å². The molecule has 102 valence electrons. The third-order valence-electron chi connectivity index (χ3n) is 2.20. The van der Waals surface area contributed by atoms with Crippen LogP contribution in [0.15, 0.2) is 30.6 Å². The van der Waals surface area contributed by atoms with Crippen molar-refractivity contribution in [3.05, 3.63) is 57.4 Å². The summed E-state index contributed by atoms with van der Waals surface area (Å²) in [7, 11) is 0. The lowest BCUT2D eigenvalue weighted by Gasteiger charge is -2.04. The summed E-state index contributed by atoms with van der Waals surface area (Å²) in [5.74, 6) is -1.52. The van der Waals surface area contributed by atoms with Gasteiger partial charge < -0.3 is 5.32 Å². The molecular weight excluding hydrogens is 291 g/mol. The van der Waals surface area contributed by atoms with Crippen LogP contribution in [0, 0.1) is 15.9 Å². The van der Waals surface area contributed by atoms with Gasteiger partial charge in [0.05, 0.1) is 29.1 Å². The fourth-order valence-electron chi connectivity index (χ4n) is 1.38. The second-order valence-electron chi connectivity index (χ2n) is 3.63. The Labute approximate surface area is 116 Å². The van der Waals surface area contributed by atoms with E-state index in [2.05, 4.69) is 15.3 Å². The number of carbonyl (C=O) groups excluding carboxylic acids is 1. The zero-order valence-electron chi connectivity index (χ0n) is 9.71. The molecule has 0 fully saturated rings. The van der Waals surface area contributed by atoms with E-state index in [-0.39, 0.29) is 16.5 Å². The summed E-state index contributed by atoms with van der Waals surface area (Å²) in [5, 5.41) is 13.0. The van der Waals surface area contributed by atoms with Gasteiger partial charge in [0.25, 0.3) is 11.6 Å². The Balaban J connectivity index is 2.23. The van der Waals surface area contributed by atoms with E-state index in [1.807, 2.05) is 0 Å². The van der Waals surface area contributed by atoms with E-state index in [0.29, 0.717) is 0 Å². The highest BCUT2D eigenvalue weighted by Crippen LogP contribution is 2.20. The molecule has 0 bridgehead atoms. The van der Waals surface area contributed by atoms with Crippen molar-refractivity contribution in [2.75, 3.05) is 5.32 Å². The van der Waals surface area contributed by atoms with Crippen LogP contribution in [0.25, 0.3) is 0 Å². The summed E-state index contributed by atoms with van der Waals surface area (Å²) in [6, 6.07) is 2.73. The number of aromatic nitrogens is 2. The predicted octanol–water partition coefficient (Wildman–Crippen LogP) is 2.43. The van der Waals surface area contributed by atoms with Gasteiger partial charge in [0.15, 0.2) is 0 Å². The number of rotatable bonds is 3. The lowest BCUT2D eigenvalue weighted by molar-refractivity contribution is -0.385. The molecule has 1 aromatic carbocycles. The molecule has 1 N–H and O–H groups in total. The summed E-state index contributed by atoms with van der Waals surface area (Å²) in [6.45, 7) is 0. The second-order valence-corrected chi connectivity index (χ2v) is 4.02. The third-order valence-corrected chi connectivity index (χ3v) is 2.40. The highest BCUT2D eigenvalue weighted by atomic mass is 35.5. The molecule has 0 saturated carbocycles. The molecule has 0 radical (unpaired) electrons. The van der Waals surface area contributed by atoms with Crippen LogP contribution in [0.5, 0.6) is 0 Å². The minimum absolute atomic E-state index is 0.0543. The van der Waals surface area contributed by atoms with Gasteiger partial charge in [-0.1, -0.05) is 11.6 Å². The SMILES string of the molecule is O=C(Nc1cc(F)cc([N+](=O)[O-])c1)c1cnc(Cl)cn1. The van der Waals surface area contributed by atoms with Gasteiger partial charge in [-0.2, -0.15) is 0 Å². The van der Waals surface area contributed by atoms with E-state index < -0.39 is 22.3 Å². The lowest BCUT2D eigenvalue weighted by atomic mass is 10.2. The summed E-state index contributed by atoms with van der Waals surface area (Å²) in [4.78, 5) is 29.0. The van der Waals surface area contributed by atoms with Crippen molar-refractivity contribution in [3.8, 4) is 0 Å². The smallest absolute Gasteiger partial charge is 0.275 e. The number of nitro groups is 1. The van der Waals surface area contributed by atoms with Crippen LogP contribution in [0.3, 0.4) is 0 Å². The van der Waals surface area contributed by atoms with E-state index >= 15 is 0 Å². The molecule has 1 amide bonds. The monoisotopic (exact) mass is 296 g/mol. The topological polar surface area (TPSA) is 98.0 Å². The van der Waals surface area contributed by atoms with Gasteiger partial charge >= 0.3 is 0 Å². The van der Waals surface area contributed by atoms with Crippen molar-refractivity contribution in [3.63, 3.8) is 0 Å². The molecule has 0 spiro atoms. The highest BCUT2D eigenvalue weighted by molar-refractivity contribution is 6.29. The molecule has 0 aliphatic heterocycles. The molecule has 2 aromatic rings. The lowest BCUT2D eigenvalue weighted by Crippen LogP contribution is -2.14. The number of nitrogens with zero attached hydrogens (tertiary/aromatic N) is 3. The Morgan fingerprint density at radius 2 is 2.05 bits per heavy atom. The van der Waals surface area contributed by atoms with Crippen molar-refractivity contribution in [2.45, 2.75) is 0 Å². The van der Waals surface area contributed by atoms with Gasteiger partial charge in [0.1, 0.15) is 16.7 Å². The molecular formula is C11H6ClFN4O3. The minimum atomic E-state index is -0.836. The molecule has 7 nitrogen and oxygen atoms in total. The van der Waals surface area contributed by atoms with E-state index in [9.17, 15) is 19.3 Å². The maximum Gasteiger partial charge on any atom is 0.275 e. The van der Waals surface area contributed by atoms with Crippen LogP contribution in [0.4, 0.5) is 15.8 Å². The van der Waals surface area contributed by atoms with Crippen LogP contribution in [0.1, 0.15) is 10.5 Å². The number of benzene rings is 1. The van der Waals surface area contributed by atoms with E-state index in [0.717, 1.165) is 24.4 Å². The van der Waals surface area contributed by atoms with Gasteiger partial charge in [-0.3, -0.25) is 14.9 Å². The number of nitro benzene ring substituents is 1. The highest BCUT2D eigenvalue weighted by Gasteiger charge is 2.13. The van der Waals surface area contributed by atoms with Gasteiger partial charge in [-0.25, -0.2) is 14.4 Å². The molecule has 1 heterocycles. The molecule has 0 aliphatic carbocycles. The number of halogens is 2. The first-order valence-electron chi connectivity index (χ1n) is 5.19. The van der Waals surface area contributed by atoms with Gasteiger partial charge in [0, 0.05) is 6.07 Å². The quantitative estimate of drug-likeness (QED) is 0.693. The van der Waals surface area contributed by atoms with E-state index in [1.165, 1.54) is 6.20 Å². The zero-order valence-corrected chi connectivity index (χ0v) is 10.5. The second kappa shape index (κ2) is 5.57. The van der Waals surface area contributed by atoms with Gasteiger partial charge in [0.2, 0.25) is 0 Å². The Morgan fingerprint density at radius 3 is 2.65 bits per heavy atom. The Morgan fingerprint density at radius 1 is 1.30 bits per heavy atom. The molecule has 0 unspecified atom stereocenters. The average Bonchev–Trinajstić information content (AvgIpc) is 2.38. The zero-order chi connectivity index (χ0) is 14.7. The maximum atomic E-state index is 13.2. The normalized spacial score (nSPS) is 10.1. The first kappa shape index (κ1) is 13.8. The van der Waals surface area contributed by atoms with Crippen LogP contribution in [-0.2, 0) is 0 Å². The summed E-state index contributed by atoms with van der Waals surface area (Å²) in [6.07, 6.45) is 2.30. The fraction of sp³-hybridized carbons (Fsp3) is 0. The first-order valence-corrected chi connectivity index (χ1v) is 5.57. The third kappa shape index (κ3) is 3.23. The molecule has 0 atom stereocenters. The molecule has 9 heteroatoms. The Kier molecular flexibility index (Phi) is 3.85. The van der Waals surface area contributed by atoms with Gasteiger partial charge in [-0.15, -0.1) is 0 Å². The maximum absolute atomic E-state index is 13.2. The van der Waals surface area contributed by atoms with E-state index in [1.54, 1.807) is 0 Å². The van der Waals surface area contributed by atoms with E-state index in [4.69, 9.17) is 11.6 Å². The Hall–Kier alpha value is -2.61. The van der Waals surface area contributed by atoms with Crippen LogP contribution >= 0.6 is 11.6 Å². The minimum Gasteiger partial charge on any atom is -0.320 e. The number of hydrogen-bond donors (Lipinski definition) is 1. The van der Waals surface area contributed by atoms with Crippen molar-refractivity contribution < 1.29 is 14.1 Å². The first-order chi connectivity index (χ1) is 9.45. The molecule has 0 saturated heterocycles. The number of non-ortho nitro benzene ring substituents is 1. The number of amides is 1. The molecule has 2 rings (SSSR count). The largest absolute Gasteiger partial charge is 0.320 e. The van der Waals surface area contributed by atoms with Crippen LogP contribution in [-0.4, -0.2) is 20.8 Å². The Bertz CT molecular complexity index is 678. The average molecular weight is 297 g/mol. The summed E-state index contributed by atoms with van der Waals surface area (Å²) in [5.41, 5.74) is -0.581. The molecule has 1 aromatic heterocycles. The standard InChI is InChI=1S/C11H6ClFN4O3/c12-10-5-14-9(4-15-10)11(18)16-7-1-6(13)2-8(3-7)17(19)20/h1-5H,(H,16,18). The number of anilines is 1. The number of nitrogens with one attached hydrogen (secondary N) is 1. The fourth-order valence-corrected chi connectivity index (χ4v) is 1.47. The van der Waals surface area contributed by atoms with Crippen molar-refractivity contribution in [1.82, 2.24) is 9.97 Å². The van der Waals surface area contributed by atoms with Crippen molar-refractivity contribution in [1.29, 1.82) is 0 Å². The molecule has 0 aliphatic rings. The number of hydrogen-bond acceptors (Lipinski definition) is 5. The summed E-state index contributed by atoms with van der Waals surface area (Å²) >= 11 is 5.52. The van der Waals surface area contributed by atoms with Crippen molar-refractivity contribution in [2.24, 2.45) is 0 Å². The van der Waals surface area contributed by atoms with Crippen molar-refractivity contribution >= 4 is 28.9 Å². The summed E-state index contributed by atoms with van der Waals surface area (Å²) < 4.78 is 13.2. The number of carbonyl (C=O) groups is 1. The van der Waals surface area contributed by atoms with Gasteiger partial charge in [-0.05, 0) is 6.07 Å². The van der Waals surface area contributed by atoms with Crippen LogP contribution < -0.4 is 5.32 Å². The molecule has 20 heavy (non-hydrogen) atoms. The predicted molar refractivity (Wildman–Crippen MR) is 68.0 cm³/mol.